The van der Waals surface area contributed by atoms with Gasteiger partial charge in [-0.05, 0) is 37.0 Å². The van der Waals surface area contributed by atoms with Gasteiger partial charge < -0.3 is 25.3 Å². The Balaban J connectivity index is 1.56. The van der Waals surface area contributed by atoms with Crippen molar-refractivity contribution in [2.24, 2.45) is 7.05 Å². The lowest BCUT2D eigenvalue weighted by Crippen LogP contribution is -2.41. The molecule has 4 bridgehead atoms. The van der Waals surface area contributed by atoms with E-state index in [2.05, 4.69) is 38.1 Å². The van der Waals surface area contributed by atoms with E-state index in [0.717, 1.165) is 47.2 Å². The lowest BCUT2D eigenvalue weighted by atomic mass is 10.1. The molecule has 164 valence electrons. The Kier molecular flexibility index (Phi) is 4.29. The van der Waals surface area contributed by atoms with Crippen molar-refractivity contribution in [3.63, 3.8) is 0 Å². The molecular formula is C22H24N8O2. The van der Waals surface area contributed by atoms with Gasteiger partial charge in [0.25, 0.3) is 5.91 Å². The number of carbonyl (C=O) groups excluding carboxylic acids is 1. The Hall–Kier alpha value is -3.66. The predicted molar refractivity (Wildman–Crippen MR) is 120 cm³/mol. The third-order valence-electron chi connectivity index (χ3n) is 6.36. The molecule has 3 aromatic heterocycles. The van der Waals surface area contributed by atoms with E-state index >= 15 is 0 Å². The molecule has 2 atom stereocenters. The summed E-state index contributed by atoms with van der Waals surface area (Å²) in [6.45, 7) is 0.457. The number of ether oxygens (including phenoxy) is 1. The van der Waals surface area contributed by atoms with E-state index < -0.39 is 0 Å². The van der Waals surface area contributed by atoms with Crippen molar-refractivity contribution < 1.29 is 9.53 Å². The van der Waals surface area contributed by atoms with Gasteiger partial charge in [-0.15, -0.1) is 5.10 Å². The standard InChI is InChI=1S/C22H24N8O2/c1-23-15-8-19-26-14-6-12(7-16-20(14)25-11-29(16)2)10-32-18-5-3-4-13(18)27-22(31)17-9-24-21(15)30(17)28-19/h6-9,11,13,18,23H,3-5,10H2,1-2H3,(H,26,28)(H,27,31)/t13-,18+/m1/s1. The number of nitrogens with zero attached hydrogens (tertiary/aromatic N) is 5. The van der Waals surface area contributed by atoms with Crippen LogP contribution in [0.15, 0.2) is 30.7 Å². The van der Waals surface area contributed by atoms with Crippen LogP contribution in [0.5, 0.6) is 0 Å². The highest BCUT2D eigenvalue weighted by molar-refractivity contribution is 5.95. The molecule has 1 aliphatic heterocycles. The summed E-state index contributed by atoms with van der Waals surface area (Å²) < 4.78 is 9.86. The Morgan fingerprint density at radius 2 is 2.12 bits per heavy atom. The molecular weight excluding hydrogens is 408 g/mol. The second-order valence-corrected chi connectivity index (χ2v) is 8.42. The first-order valence-electron chi connectivity index (χ1n) is 10.8. The monoisotopic (exact) mass is 432 g/mol. The highest BCUT2D eigenvalue weighted by atomic mass is 16.5. The van der Waals surface area contributed by atoms with E-state index in [9.17, 15) is 4.79 Å². The van der Waals surface area contributed by atoms with Crippen molar-refractivity contribution in [3.05, 3.63) is 42.0 Å². The molecule has 1 amide bonds. The average Bonchev–Trinajstić information content (AvgIpc) is 3.50. The smallest absolute Gasteiger partial charge is 0.271 e. The van der Waals surface area contributed by atoms with Crippen LogP contribution in [0.2, 0.25) is 0 Å². The van der Waals surface area contributed by atoms with Crippen LogP contribution in [0.1, 0.15) is 35.3 Å². The molecule has 0 saturated heterocycles. The second kappa shape index (κ2) is 7.20. The van der Waals surface area contributed by atoms with E-state index in [1.165, 1.54) is 0 Å². The topological polar surface area (TPSA) is 110 Å². The van der Waals surface area contributed by atoms with E-state index in [4.69, 9.17) is 9.84 Å². The summed E-state index contributed by atoms with van der Waals surface area (Å²) in [5.41, 5.74) is 5.47. The molecule has 0 spiro atoms. The fraction of sp³-hybridized carbons (Fsp3) is 0.364. The first-order chi connectivity index (χ1) is 15.6. The van der Waals surface area contributed by atoms with Gasteiger partial charge in [-0.2, -0.15) is 0 Å². The van der Waals surface area contributed by atoms with Crippen LogP contribution in [0.4, 0.5) is 17.2 Å². The van der Waals surface area contributed by atoms with Gasteiger partial charge in [0, 0.05) is 20.2 Å². The zero-order chi connectivity index (χ0) is 21.8. The minimum absolute atomic E-state index is 0.0314. The van der Waals surface area contributed by atoms with Gasteiger partial charge in [-0.3, -0.25) is 4.79 Å². The second-order valence-electron chi connectivity index (χ2n) is 8.42. The van der Waals surface area contributed by atoms with Gasteiger partial charge in [-0.25, -0.2) is 14.5 Å². The van der Waals surface area contributed by atoms with Gasteiger partial charge >= 0.3 is 0 Å². The van der Waals surface area contributed by atoms with Crippen molar-refractivity contribution in [1.29, 1.82) is 0 Å². The molecule has 0 radical (unpaired) electrons. The van der Waals surface area contributed by atoms with Crippen LogP contribution >= 0.6 is 0 Å². The predicted octanol–water partition coefficient (Wildman–Crippen LogP) is 2.58. The Bertz CT molecular complexity index is 1360. The molecule has 0 unspecified atom stereocenters. The number of fused-ring (bicyclic) bond motifs is 6. The fourth-order valence-corrected chi connectivity index (χ4v) is 4.71. The normalized spacial score (nSPS) is 20.8. The van der Waals surface area contributed by atoms with Crippen LogP contribution in [0.3, 0.4) is 0 Å². The molecule has 4 aromatic rings. The number of aryl methyl sites for hydroxylation is 1. The van der Waals surface area contributed by atoms with Crippen LogP contribution in [-0.2, 0) is 18.4 Å². The van der Waals surface area contributed by atoms with E-state index in [0.29, 0.717) is 23.8 Å². The van der Waals surface area contributed by atoms with Gasteiger partial charge in [0.15, 0.2) is 17.2 Å². The number of imidazole rings is 2. The van der Waals surface area contributed by atoms with Crippen LogP contribution < -0.4 is 16.0 Å². The largest absolute Gasteiger partial charge is 0.385 e. The summed E-state index contributed by atoms with van der Waals surface area (Å²) in [7, 11) is 3.80. The zero-order valence-corrected chi connectivity index (χ0v) is 17.9. The van der Waals surface area contributed by atoms with Crippen LogP contribution in [-0.4, -0.2) is 49.2 Å². The fourth-order valence-electron chi connectivity index (χ4n) is 4.71. The number of nitrogens with one attached hydrogen (secondary N) is 3. The minimum Gasteiger partial charge on any atom is -0.385 e. The molecule has 1 aromatic carbocycles. The van der Waals surface area contributed by atoms with Gasteiger partial charge in [0.1, 0.15) is 5.52 Å². The number of aromatic nitrogens is 5. The first kappa shape index (κ1) is 19.1. The van der Waals surface area contributed by atoms with E-state index in [1.54, 1.807) is 17.0 Å². The summed E-state index contributed by atoms with van der Waals surface area (Å²) in [5.74, 6) is 0.377. The quantitative estimate of drug-likeness (QED) is 0.424. The third-order valence-corrected chi connectivity index (χ3v) is 6.36. The van der Waals surface area contributed by atoms with Gasteiger partial charge in [-0.1, -0.05) is 0 Å². The van der Waals surface area contributed by atoms with Crippen molar-refractivity contribution in [2.75, 3.05) is 17.7 Å². The number of hydrogen-bond donors (Lipinski definition) is 3. The van der Waals surface area contributed by atoms with Crippen molar-refractivity contribution in [1.82, 2.24) is 29.5 Å². The zero-order valence-electron chi connectivity index (χ0n) is 17.9. The SMILES string of the molecule is CNc1cc2nn3c(cnc13)C(=O)N[C@@H]1CCC[C@@H]1OCc1cc(c3ncn(C)c3c1)N2. The number of amides is 1. The summed E-state index contributed by atoms with van der Waals surface area (Å²) in [4.78, 5) is 22.1. The van der Waals surface area contributed by atoms with Crippen LogP contribution in [0.25, 0.3) is 16.7 Å². The molecule has 10 nitrogen and oxygen atoms in total. The molecule has 1 saturated carbocycles. The molecule has 6 rings (SSSR count). The maximum absolute atomic E-state index is 13.1. The molecule has 1 aliphatic carbocycles. The summed E-state index contributed by atoms with van der Waals surface area (Å²) in [6, 6.07) is 6.00. The molecule has 10 heteroatoms. The highest BCUT2D eigenvalue weighted by Crippen LogP contribution is 2.30. The summed E-state index contributed by atoms with van der Waals surface area (Å²) in [5, 5.41) is 14.4. The van der Waals surface area contributed by atoms with Gasteiger partial charge in [0.2, 0.25) is 0 Å². The number of rotatable bonds is 1. The Morgan fingerprint density at radius 1 is 1.22 bits per heavy atom. The summed E-state index contributed by atoms with van der Waals surface area (Å²) >= 11 is 0. The van der Waals surface area contributed by atoms with Gasteiger partial charge in [0.05, 0.1) is 48.2 Å². The first-order valence-corrected chi connectivity index (χ1v) is 10.8. The number of benzene rings is 1. The molecule has 2 aliphatic rings. The molecule has 32 heavy (non-hydrogen) atoms. The van der Waals surface area contributed by atoms with Crippen molar-refractivity contribution in [3.8, 4) is 0 Å². The maximum atomic E-state index is 13.1. The Morgan fingerprint density at radius 3 is 3.00 bits per heavy atom. The highest BCUT2D eigenvalue weighted by Gasteiger charge is 2.31. The summed E-state index contributed by atoms with van der Waals surface area (Å²) in [6.07, 6.45) is 6.16. The number of carbonyl (C=O) groups is 1. The van der Waals surface area contributed by atoms with Crippen molar-refractivity contribution in [2.45, 2.75) is 38.0 Å². The number of hydrogen-bond acceptors (Lipinski definition) is 7. The number of anilines is 3. The van der Waals surface area contributed by atoms with E-state index in [-0.39, 0.29) is 18.1 Å². The van der Waals surface area contributed by atoms with Crippen molar-refractivity contribution >= 4 is 39.8 Å². The maximum Gasteiger partial charge on any atom is 0.271 e. The average molecular weight is 432 g/mol. The molecule has 1 fully saturated rings. The Labute approximate surface area is 184 Å². The lowest BCUT2D eigenvalue weighted by Gasteiger charge is -2.22. The molecule has 4 heterocycles. The third kappa shape index (κ3) is 2.98. The molecule has 3 N–H and O–H groups in total. The van der Waals surface area contributed by atoms with Crippen LogP contribution in [0, 0.1) is 0 Å². The van der Waals surface area contributed by atoms with E-state index in [1.807, 2.05) is 24.7 Å². The lowest BCUT2D eigenvalue weighted by molar-refractivity contribution is 0.0271. The minimum atomic E-state index is -0.201.